The molecule has 11 atom stereocenters. The topological polar surface area (TPSA) is 283 Å². The van der Waals surface area contributed by atoms with Crippen molar-refractivity contribution in [2.24, 2.45) is 11.3 Å². The molecule has 2 bridgehead atoms. The first-order chi connectivity index (χ1) is 21.8. The Kier molecular flexibility index (Phi) is 6.75. The van der Waals surface area contributed by atoms with E-state index in [4.69, 9.17) is 46.1 Å². The maximum atomic E-state index is 15.9. The average Bonchev–Trinajstić information content (AvgIpc) is 3.26. The number of imidazole rings is 2. The Morgan fingerprint density at radius 2 is 1.85 bits per heavy atom. The van der Waals surface area contributed by atoms with Gasteiger partial charge in [0, 0.05) is 5.41 Å². The number of alkyl halides is 1. The standard InChI is InChI=1S/C22H25FN10O10P2S/c23-9-8-2-39-45(38,46)43-15-13(34)12(32-5-28-10-16(24)26-4-27-17(10)32)7-1-22(7,15)3-40-44(36,37)42-14(9)20(41-8)33-6-29-11-18(33)30-21(25)31-19(11)35/h4-9,12-15,20,34H,1-3H2,(H,36,37)(H,38,46)(H2,24,26,27)(H3,25,30,31,35)/t7-,8-,9-,12-,13+,14-,15+,20-,22?,45?/m1/s1. The molecular formula is C22H25FN10O10P2S. The van der Waals surface area contributed by atoms with E-state index in [9.17, 15) is 24.3 Å². The number of aliphatic hydroxyl groups excluding tert-OH is 1. The lowest BCUT2D eigenvalue weighted by atomic mass is 10.0. The van der Waals surface area contributed by atoms with Gasteiger partial charge < -0.3 is 44.7 Å². The molecular weight excluding hydrogens is 677 g/mol. The van der Waals surface area contributed by atoms with Crippen molar-refractivity contribution < 1.29 is 46.7 Å². The number of nitrogens with two attached hydrogens (primary N) is 2. The summed E-state index contributed by atoms with van der Waals surface area (Å²) in [5.74, 6) is -0.598. The van der Waals surface area contributed by atoms with E-state index in [1.165, 1.54) is 12.7 Å². The van der Waals surface area contributed by atoms with Gasteiger partial charge in [-0.05, 0) is 24.1 Å². The molecule has 6 heterocycles. The Morgan fingerprint density at radius 3 is 2.65 bits per heavy atom. The molecule has 46 heavy (non-hydrogen) atoms. The summed E-state index contributed by atoms with van der Waals surface area (Å²) in [6, 6.07) is -0.758. The smallest absolute Gasteiger partial charge is 0.388 e. The molecule has 1 spiro atoms. The molecule has 2 saturated carbocycles. The second-order valence-corrected chi connectivity index (χ2v) is 15.7. The molecule has 8 rings (SSSR count). The second-order valence-electron chi connectivity index (χ2n) is 11.5. The molecule has 20 nitrogen and oxygen atoms in total. The fourth-order valence-corrected chi connectivity index (χ4v) is 9.25. The van der Waals surface area contributed by atoms with Crippen LogP contribution in [0.3, 0.4) is 0 Å². The molecule has 0 aromatic carbocycles. The molecule has 0 amide bonds. The molecule has 4 aromatic rings. The molecule has 24 heteroatoms. The predicted molar refractivity (Wildman–Crippen MR) is 155 cm³/mol. The van der Waals surface area contributed by atoms with Crippen LogP contribution in [0.2, 0.25) is 0 Å². The summed E-state index contributed by atoms with van der Waals surface area (Å²) >= 11 is 5.26. The number of nitrogen functional groups attached to an aromatic ring is 2. The van der Waals surface area contributed by atoms with Crippen molar-refractivity contribution in [1.82, 2.24) is 39.0 Å². The van der Waals surface area contributed by atoms with E-state index < -0.39 is 87.5 Å². The molecule has 3 unspecified atom stereocenters. The van der Waals surface area contributed by atoms with E-state index in [1.807, 2.05) is 0 Å². The van der Waals surface area contributed by atoms with Crippen molar-refractivity contribution in [3.05, 3.63) is 29.3 Å². The van der Waals surface area contributed by atoms with Crippen molar-refractivity contribution in [3.8, 4) is 0 Å². The number of phosphoric acid groups is 1. The Bertz CT molecular complexity index is 2050. The monoisotopic (exact) mass is 702 g/mol. The van der Waals surface area contributed by atoms with Crippen molar-refractivity contribution >= 4 is 60.4 Å². The Labute approximate surface area is 260 Å². The predicted octanol–water partition coefficient (Wildman–Crippen LogP) is -0.584. The van der Waals surface area contributed by atoms with Crippen LogP contribution in [-0.2, 0) is 39.2 Å². The minimum atomic E-state index is -5.08. The molecule has 4 aliphatic rings. The average molecular weight is 703 g/mol. The first-order valence-corrected chi connectivity index (χ1v) is 17.8. The van der Waals surface area contributed by atoms with Gasteiger partial charge in [0.05, 0.1) is 31.9 Å². The van der Waals surface area contributed by atoms with E-state index in [1.54, 1.807) is 4.57 Å². The molecule has 2 saturated heterocycles. The zero-order chi connectivity index (χ0) is 32.3. The highest BCUT2D eigenvalue weighted by Gasteiger charge is 2.74. The van der Waals surface area contributed by atoms with Gasteiger partial charge in [-0.3, -0.25) is 23.4 Å². The Balaban J connectivity index is 1.14. The van der Waals surface area contributed by atoms with E-state index in [0.29, 0.717) is 17.6 Å². The van der Waals surface area contributed by atoms with Crippen LogP contribution in [-0.4, -0.2) is 97.7 Å². The van der Waals surface area contributed by atoms with Crippen LogP contribution < -0.4 is 17.0 Å². The highest BCUT2D eigenvalue weighted by atomic mass is 32.5. The van der Waals surface area contributed by atoms with Crippen LogP contribution in [0.1, 0.15) is 18.7 Å². The lowest BCUT2D eigenvalue weighted by Gasteiger charge is -2.31. The molecule has 0 radical (unpaired) electrons. The van der Waals surface area contributed by atoms with Gasteiger partial charge in [0.2, 0.25) is 5.95 Å². The molecule has 2 aliphatic carbocycles. The van der Waals surface area contributed by atoms with Gasteiger partial charge in [-0.25, -0.2) is 28.9 Å². The number of nitrogens with zero attached hydrogens (tertiary/aromatic N) is 7. The van der Waals surface area contributed by atoms with Gasteiger partial charge in [-0.2, -0.15) is 4.98 Å². The quantitative estimate of drug-likeness (QED) is 0.142. The highest BCUT2D eigenvalue weighted by Crippen LogP contribution is 2.72. The number of hydrogen-bond acceptors (Lipinski definition) is 16. The Morgan fingerprint density at radius 1 is 1.09 bits per heavy atom. The van der Waals surface area contributed by atoms with Gasteiger partial charge in [-0.15, -0.1) is 0 Å². The van der Waals surface area contributed by atoms with Gasteiger partial charge >= 0.3 is 14.5 Å². The summed E-state index contributed by atoms with van der Waals surface area (Å²) in [6.07, 6.45) is -5.58. The number of aromatic amines is 1. The minimum Gasteiger partial charge on any atom is -0.388 e. The van der Waals surface area contributed by atoms with Gasteiger partial charge in [0.15, 0.2) is 35.0 Å². The first kappa shape index (κ1) is 30.3. The number of nitrogens with one attached hydrogen (secondary N) is 1. The normalized spacial score (nSPS) is 41.0. The van der Waals surface area contributed by atoms with Crippen LogP contribution in [0.4, 0.5) is 16.2 Å². The lowest BCUT2D eigenvalue weighted by Crippen LogP contribution is -2.38. The lowest BCUT2D eigenvalue weighted by molar-refractivity contribution is -0.0610. The maximum Gasteiger partial charge on any atom is 0.472 e. The number of anilines is 2. The summed E-state index contributed by atoms with van der Waals surface area (Å²) in [4.78, 5) is 57.0. The molecule has 2 aliphatic heterocycles. The number of aromatic nitrogens is 8. The molecule has 246 valence electrons. The summed E-state index contributed by atoms with van der Waals surface area (Å²) in [5.41, 5.74) is 10.1. The fraction of sp³-hybridized carbons (Fsp3) is 0.545. The van der Waals surface area contributed by atoms with E-state index in [2.05, 4.69) is 29.9 Å². The van der Waals surface area contributed by atoms with E-state index >= 15 is 4.39 Å². The van der Waals surface area contributed by atoms with E-state index in [-0.39, 0.29) is 22.9 Å². The third-order valence-corrected chi connectivity index (χ3v) is 11.4. The zero-order valence-corrected chi connectivity index (χ0v) is 25.7. The number of phosphoric ester groups is 1. The number of halogens is 1. The number of hydrogen-bond donors (Lipinski definition) is 6. The summed E-state index contributed by atoms with van der Waals surface area (Å²) < 4.78 is 59.9. The van der Waals surface area contributed by atoms with Crippen molar-refractivity contribution in [2.75, 3.05) is 24.7 Å². The van der Waals surface area contributed by atoms with Crippen molar-refractivity contribution in [3.63, 3.8) is 0 Å². The van der Waals surface area contributed by atoms with Crippen molar-refractivity contribution in [2.45, 2.75) is 49.3 Å². The molecule has 4 fully saturated rings. The third-order valence-electron chi connectivity index (χ3n) is 8.91. The van der Waals surface area contributed by atoms with Crippen LogP contribution in [0.5, 0.6) is 0 Å². The summed E-state index contributed by atoms with van der Waals surface area (Å²) in [6.45, 7) is -5.43. The van der Waals surface area contributed by atoms with Crippen LogP contribution in [0.25, 0.3) is 22.3 Å². The number of ether oxygens (including phenoxy) is 1. The highest BCUT2D eigenvalue weighted by molar-refractivity contribution is 8.07. The van der Waals surface area contributed by atoms with E-state index in [0.717, 1.165) is 10.9 Å². The number of H-pyrrole nitrogens is 1. The maximum absolute atomic E-state index is 15.9. The first-order valence-electron chi connectivity index (χ1n) is 13.7. The Hall–Kier alpha value is -3.01. The van der Waals surface area contributed by atoms with Gasteiger partial charge in [0.25, 0.3) is 5.56 Å². The summed E-state index contributed by atoms with van der Waals surface area (Å²) in [7, 11) is -5.08. The van der Waals surface area contributed by atoms with Crippen LogP contribution in [0.15, 0.2) is 23.8 Å². The van der Waals surface area contributed by atoms with Gasteiger partial charge in [-0.1, -0.05) is 0 Å². The second kappa shape index (κ2) is 10.2. The van der Waals surface area contributed by atoms with Gasteiger partial charge in [0.1, 0.15) is 36.3 Å². The number of fused-ring (bicyclic) bond motifs is 4. The third kappa shape index (κ3) is 4.63. The van der Waals surface area contributed by atoms with Crippen LogP contribution >= 0.6 is 14.5 Å². The minimum absolute atomic E-state index is 0.119. The molecule has 4 aromatic heterocycles. The van der Waals surface area contributed by atoms with Crippen LogP contribution in [0, 0.1) is 11.3 Å². The summed E-state index contributed by atoms with van der Waals surface area (Å²) in [5, 5.41) is 11.5. The number of aliphatic hydroxyl groups is 1. The SMILES string of the molecule is Nc1nc2c(ncn2[C@@H]2O[C@@H]3COP(O)(=S)O[C@H]4[C@@H](O)[C@H](n5cnc6c(N)ncnc65)[C@H]5CC54COP(=O)(O)O[C@@H]2[C@@H]3F)c(=O)[nH]1. The zero-order valence-electron chi connectivity index (χ0n) is 23.1. The fourth-order valence-electron chi connectivity index (χ4n) is 6.78. The largest absolute Gasteiger partial charge is 0.472 e. The number of rotatable bonds is 2. The molecule has 8 N–H and O–H groups in total. The van der Waals surface area contributed by atoms with Crippen molar-refractivity contribution in [1.29, 1.82) is 0 Å².